The maximum absolute atomic E-state index is 12.1. The van der Waals surface area contributed by atoms with Crippen molar-refractivity contribution in [3.05, 3.63) is 27.8 Å². The fourth-order valence-electron chi connectivity index (χ4n) is 1.62. The molecule has 0 radical (unpaired) electrons. The van der Waals surface area contributed by atoms with E-state index in [-0.39, 0.29) is 17.1 Å². The number of nitro groups is 1. The van der Waals surface area contributed by atoms with Gasteiger partial charge in [0, 0.05) is 6.07 Å². The molecule has 0 aromatic heterocycles. The van der Waals surface area contributed by atoms with Gasteiger partial charge < -0.3 is 25.0 Å². The Labute approximate surface area is 130 Å². The van der Waals surface area contributed by atoms with Gasteiger partial charge in [0.25, 0.3) is 11.6 Å². The summed E-state index contributed by atoms with van der Waals surface area (Å²) in [5.41, 5.74) is -3.11. The molecule has 126 valence electrons. The predicted octanol–water partition coefficient (Wildman–Crippen LogP) is 0.177. The Bertz CT molecular complexity index is 641. The van der Waals surface area contributed by atoms with Crippen molar-refractivity contribution in [2.24, 2.45) is 0 Å². The molecule has 1 unspecified atom stereocenters. The van der Waals surface area contributed by atoms with E-state index in [9.17, 15) is 24.8 Å². The second-order valence-electron chi connectivity index (χ2n) is 4.74. The molecule has 0 aliphatic carbocycles. The zero-order valence-electron chi connectivity index (χ0n) is 12.7. The van der Waals surface area contributed by atoms with E-state index in [2.05, 4.69) is 5.32 Å². The number of ether oxygens (including phenoxy) is 2. The average Bonchev–Trinajstić information content (AvgIpc) is 2.50. The van der Waals surface area contributed by atoms with Crippen molar-refractivity contribution >= 4 is 17.6 Å². The van der Waals surface area contributed by atoms with Gasteiger partial charge in [0.1, 0.15) is 5.56 Å². The van der Waals surface area contributed by atoms with Gasteiger partial charge in [0.05, 0.1) is 31.8 Å². The fourth-order valence-corrected chi connectivity index (χ4v) is 1.62. The minimum Gasteiger partial charge on any atom is -0.493 e. The molecule has 0 bridgehead atoms. The summed E-state index contributed by atoms with van der Waals surface area (Å²) in [6.07, 6.45) is 0. The van der Waals surface area contributed by atoms with Crippen molar-refractivity contribution in [2.45, 2.75) is 12.5 Å². The Kier molecular flexibility index (Phi) is 5.47. The lowest BCUT2D eigenvalue weighted by molar-refractivity contribution is -0.385. The summed E-state index contributed by atoms with van der Waals surface area (Å²) in [7, 11) is 2.58. The quantitative estimate of drug-likeness (QED) is 0.474. The number of amides is 1. The van der Waals surface area contributed by atoms with E-state index in [1.807, 2.05) is 0 Å². The van der Waals surface area contributed by atoms with Crippen molar-refractivity contribution in [3.63, 3.8) is 0 Å². The summed E-state index contributed by atoms with van der Waals surface area (Å²) in [5.74, 6) is -2.32. The van der Waals surface area contributed by atoms with Gasteiger partial charge in [-0.1, -0.05) is 0 Å². The number of carboxylic acids is 1. The first-order valence-electron chi connectivity index (χ1n) is 6.28. The van der Waals surface area contributed by atoms with Crippen LogP contribution >= 0.6 is 0 Å². The van der Waals surface area contributed by atoms with Gasteiger partial charge in [-0.3, -0.25) is 14.9 Å². The van der Waals surface area contributed by atoms with Crippen molar-refractivity contribution in [3.8, 4) is 11.5 Å². The number of benzene rings is 1. The molecule has 23 heavy (non-hydrogen) atoms. The number of hydrogen-bond donors (Lipinski definition) is 3. The van der Waals surface area contributed by atoms with Crippen LogP contribution in [0.4, 0.5) is 5.69 Å². The van der Waals surface area contributed by atoms with Crippen molar-refractivity contribution in [1.82, 2.24) is 5.32 Å². The Hall–Kier alpha value is -2.88. The number of aliphatic hydroxyl groups is 1. The van der Waals surface area contributed by atoms with Crippen LogP contribution in [0.5, 0.6) is 11.5 Å². The summed E-state index contributed by atoms with van der Waals surface area (Å²) >= 11 is 0. The highest BCUT2D eigenvalue weighted by Crippen LogP contribution is 2.34. The average molecular weight is 328 g/mol. The van der Waals surface area contributed by atoms with E-state index in [1.165, 1.54) is 14.2 Å². The van der Waals surface area contributed by atoms with Crippen LogP contribution in [0.3, 0.4) is 0 Å². The van der Waals surface area contributed by atoms with Gasteiger partial charge in [0.2, 0.25) is 0 Å². The Morgan fingerprint density at radius 1 is 1.30 bits per heavy atom. The number of nitrogens with one attached hydrogen (secondary N) is 1. The van der Waals surface area contributed by atoms with Crippen LogP contribution in [0.2, 0.25) is 0 Å². The molecule has 1 aromatic carbocycles. The number of nitrogens with zero attached hydrogens (tertiary/aromatic N) is 1. The monoisotopic (exact) mass is 328 g/mol. The third-order valence-corrected chi connectivity index (χ3v) is 3.00. The Balaban J connectivity index is 3.17. The van der Waals surface area contributed by atoms with Crippen LogP contribution < -0.4 is 14.8 Å². The SMILES string of the molecule is COc1cc(C(=O)NCC(C)(O)C(=O)O)c([N+](=O)[O-])cc1OC. The molecule has 0 fully saturated rings. The number of carbonyl (C=O) groups excluding carboxylic acids is 1. The van der Waals surface area contributed by atoms with Crippen LogP contribution in [0, 0.1) is 10.1 Å². The van der Waals surface area contributed by atoms with Crippen LogP contribution in [0.1, 0.15) is 17.3 Å². The summed E-state index contributed by atoms with van der Waals surface area (Å²) in [5, 5.41) is 31.6. The summed E-state index contributed by atoms with van der Waals surface area (Å²) in [4.78, 5) is 33.2. The Morgan fingerprint density at radius 2 is 1.83 bits per heavy atom. The van der Waals surface area contributed by atoms with Gasteiger partial charge in [-0.2, -0.15) is 0 Å². The van der Waals surface area contributed by atoms with E-state index in [0.717, 1.165) is 19.1 Å². The third kappa shape index (κ3) is 4.07. The standard InChI is InChI=1S/C13H16N2O8/c1-13(19,12(17)18)6-14-11(16)7-4-9(22-2)10(23-3)5-8(7)15(20)21/h4-5,19H,6H2,1-3H3,(H,14,16)(H,17,18). The van der Waals surface area contributed by atoms with Gasteiger partial charge >= 0.3 is 5.97 Å². The van der Waals surface area contributed by atoms with E-state index < -0.39 is 34.6 Å². The minimum atomic E-state index is -2.21. The van der Waals surface area contributed by atoms with E-state index >= 15 is 0 Å². The fraction of sp³-hybridized carbons (Fsp3) is 0.385. The molecule has 0 aliphatic heterocycles. The van der Waals surface area contributed by atoms with E-state index in [4.69, 9.17) is 14.6 Å². The lowest BCUT2D eigenvalue weighted by Crippen LogP contribution is -2.46. The number of aliphatic carboxylic acids is 1. The maximum atomic E-state index is 12.1. The lowest BCUT2D eigenvalue weighted by atomic mass is 10.1. The van der Waals surface area contributed by atoms with Gasteiger partial charge in [-0.05, 0) is 6.92 Å². The van der Waals surface area contributed by atoms with Gasteiger partial charge in [0.15, 0.2) is 17.1 Å². The van der Waals surface area contributed by atoms with E-state index in [0.29, 0.717) is 0 Å². The largest absolute Gasteiger partial charge is 0.493 e. The first-order chi connectivity index (χ1) is 10.6. The summed E-state index contributed by atoms with van der Waals surface area (Å²) in [6.45, 7) is 0.352. The molecule has 1 atom stereocenters. The molecule has 10 heteroatoms. The maximum Gasteiger partial charge on any atom is 0.337 e. The molecule has 3 N–H and O–H groups in total. The van der Waals surface area contributed by atoms with Crippen molar-refractivity contribution < 1.29 is 34.2 Å². The van der Waals surface area contributed by atoms with Crippen LogP contribution in [0.25, 0.3) is 0 Å². The second kappa shape index (κ2) is 6.92. The lowest BCUT2D eigenvalue weighted by Gasteiger charge is -2.18. The number of methoxy groups -OCH3 is 2. The molecule has 0 spiro atoms. The zero-order chi connectivity index (χ0) is 17.8. The summed E-state index contributed by atoms with van der Waals surface area (Å²) < 4.78 is 9.90. The molecular weight excluding hydrogens is 312 g/mol. The topological polar surface area (TPSA) is 148 Å². The normalized spacial score (nSPS) is 12.9. The first-order valence-corrected chi connectivity index (χ1v) is 6.28. The number of carbonyl (C=O) groups is 2. The molecule has 1 amide bonds. The predicted molar refractivity (Wildman–Crippen MR) is 76.8 cm³/mol. The molecule has 0 saturated heterocycles. The smallest absolute Gasteiger partial charge is 0.337 e. The molecule has 1 rings (SSSR count). The van der Waals surface area contributed by atoms with Gasteiger partial charge in [-0.25, -0.2) is 4.79 Å². The highest BCUT2D eigenvalue weighted by molar-refractivity contribution is 5.99. The number of rotatable bonds is 7. The number of hydrogen-bond acceptors (Lipinski definition) is 7. The third-order valence-electron chi connectivity index (χ3n) is 3.00. The van der Waals surface area contributed by atoms with E-state index in [1.54, 1.807) is 0 Å². The number of nitro benzene ring substituents is 1. The minimum absolute atomic E-state index is 0.0632. The molecule has 0 heterocycles. The molecular formula is C13H16N2O8. The van der Waals surface area contributed by atoms with Crippen LogP contribution in [-0.4, -0.2) is 53.4 Å². The van der Waals surface area contributed by atoms with Crippen molar-refractivity contribution in [1.29, 1.82) is 0 Å². The first kappa shape index (κ1) is 18.2. The Morgan fingerprint density at radius 3 is 2.26 bits per heavy atom. The van der Waals surface area contributed by atoms with Crippen LogP contribution in [-0.2, 0) is 4.79 Å². The highest BCUT2D eigenvalue weighted by atomic mass is 16.6. The summed E-state index contributed by atoms with van der Waals surface area (Å²) in [6, 6.07) is 2.12. The molecule has 1 aromatic rings. The zero-order valence-corrected chi connectivity index (χ0v) is 12.7. The highest BCUT2D eigenvalue weighted by Gasteiger charge is 2.32. The number of carboxylic acid groups (broad SMARTS) is 1. The molecule has 0 saturated carbocycles. The van der Waals surface area contributed by atoms with Crippen LogP contribution in [0.15, 0.2) is 12.1 Å². The molecule has 10 nitrogen and oxygen atoms in total. The molecule has 0 aliphatic rings. The van der Waals surface area contributed by atoms with Gasteiger partial charge in [-0.15, -0.1) is 0 Å². The second-order valence-corrected chi connectivity index (χ2v) is 4.74. The van der Waals surface area contributed by atoms with Crippen molar-refractivity contribution in [2.75, 3.05) is 20.8 Å².